The van der Waals surface area contributed by atoms with Gasteiger partial charge in [0.15, 0.2) is 0 Å². The summed E-state index contributed by atoms with van der Waals surface area (Å²) in [4.78, 5) is 0. The fraction of sp³-hybridized carbons (Fsp3) is 0.444. The summed E-state index contributed by atoms with van der Waals surface area (Å²) in [6.07, 6.45) is -0.550. The maximum atomic E-state index is 13.9. The first-order valence-corrected chi connectivity index (χ1v) is 7.13. The quantitative estimate of drug-likeness (QED) is 0.840. The molecule has 0 heterocycles. The highest BCUT2D eigenvalue weighted by molar-refractivity contribution is 5.86. The number of benzene rings is 2. The zero-order valence-electron chi connectivity index (χ0n) is 12.4. The molecule has 20 heavy (non-hydrogen) atoms. The molecular weight excluding hydrogens is 251 g/mol. The second kappa shape index (κ2) is 4.05. The molecule has 0 aliphatic heterocycles. The third kappa shape index (κ3) is 1.64. The second-order valence-electron chi connectivity index (χ2n) is 7.05. The Morgan fingerprint density at radius 1 is 0.950 bits per heavy atom. The van der Waals surface area contributed by atoms with Crippen LogP contribution in [0.1, 0.15) is 39.4 Å². The van der Waals surface area contributed by atoms with Crippen molar-refractivity contribution in [1.82, 2.24) is 0 Å². The first kappa shape index (κ1) is 13.6. The SMILES string of the molecule is CC1(C)C(C(O)c2ccc(F)c3ccccc23)C1(C)C. The van der Waals surface area contributed by atoms with Crippen LogP contribution in [0.5, 0.6) is 0 Å². The minimum atomic E-state index is -0.550. The van der Waals surface area contributed by atoms with Gasteiger partial charge in [-0.3, -0.25) is 0 Å². The van der Waals surface area contributed by atoms with Gasteiger partial charge in [0.2, 0.25) is 0 Å². The molecule has 1 nitrogen and oxygen atoms in total. The lowest BCUT2D eigenvalue weighted by Crippen LogP contribution is -2.06. The maximum absolute atomic E-state index is 13.9. The highest BCUT2D eigenvalue weighted by Gasteiger charge is 2.67. The van der Waals surface area contributed by atoms with Gasteiger partial charge >= 0.3 is 0 Å². The molecular formula is C18H21FO. The normalized spacial score (nSPS) is 21.9. The van der Waals surface area contributed by atoms with E-state index in [0.717, 1.165) is 10.9 Å². The van der Waals surface area contributed by atoms with E-state index in [-0.39, 0.29) is 22.6 Å². The van der Waals surface area contributed by atoms with Crippen molar-refractivity contribution >= 4 is 10.8 Å². The van der Waals surface area contributed by atoms with Crippen molar-refractivity contribution in [3.05, 3.63) is 47.8 Å². The number of fused-ring (bicyclic) bond motifs is 1. The number of hydrogen-bond donors (Lipinski definition) is 1. The van der Waals surface area contributed by atoms with Crippen LogP contribution in [-0.4, -0.2) is 5.11 Å². The lowest BCUT2D eigenvalue weighted by molar-refractivity contribution is 0.132. The van der Waals surface area contributed by atoms with E-state index in [1.165, 1.54) is 6.07 Å². The molecule has 2 aromatic rings. The fourth-order valence-corrected chi connectivity index (χ4v) is 3.76. The molecule has 1 fully saturated rings. The highest BCUT2D eigenvalue weighted by Crippen LogP contribution is 2.72. The Labute approximate surface area is 119 Å². The lowest BCUT2D eigenvalue weighted by Gasteiger charge is -2.16. The first-order valence-electron chi connectivity index (χ1n) is 7.13. The summed E-state index contributed by atoms with van der Waals surface area (Å²) in [6.45, 7) is 8.75. The Hall–Kier alpha value is -1.41. The summed E-state index contributed by atoms with van der Waals surface area (Å²) in [5.74, 6) is -0.0327. The van der Waals surface area contributed by atoms with Crippen LogP contribution in [0.3, 0.4) is 0 Å². The summed E-state index contributed by atoms with van der Waals surface area (Å²) in [5.41, 5.74) is 1.04. The van der Waals surface area contributed by atoms with E-state index >= 15 is 0 Å². The topological polar surface area (TPSA) is 20.2 Å². The molecule has 1 aliphatic rings. The third-order valence-corrected chi connectivity index (χ3v) is 5.67. The van der Waals surface area contributed by atoms with E-state index < -0.39 is 6.10 Å². The van der Waals surface area contributed by atoms with Gasteiger partial charge in [0.1, 0.15) is 5.82 Å². The summed E-state index contributed by atoms with van der Waals surface area (Å²) in [5, 5.41) is 12.2. The Kier molecular flexibility index (Phi) is 2.74. The van der Waals surface area contributed by atoms with E-state index in [9.17, 15) is 9.50 Å². The van der Waals surface area contributed by atoms with Crippen LogP contribution in [0.15, 0.2) is 36.4 Å². The molecule has 1 N–H and O–H groups in total. The van der Waals surface area contributed by atoms with Crippen LogP contribution in [0, 0.1) is 22.6 Å². The molecule has 2 heteroatoms. The minimum Gasteiger partial charge on any atom is -0.388 e. The monoisotopic (exact) mass is 272 g/mol. The molecule has 0 bridgehead atoms. The summed E-state index contributed by atoms with van der Waals surface area (Å²) in [6, 6.07) is 10.6. The van der Waals surface area contributed by atoms with Gasteiger partial charge in [-0.2, -0.15) is 0 Å². The number of halogens is 1. The van der Waals surface area contributed by atoms with Crippen molar-refractivity contribution in [1.29, 1.82) is 0 Å². The zero-order chi connectivity index (χ0) is 14.7. The van der Waals surface area contributed by atoms with Crippen LogP contribution in [0.4, 0.5) is 4.39 Å². The summed E-state index contributed by atoms with van der Waals surface area (Å²) in [7, 11) is 0. The van der Waals surface area contributed by atoms with Crippen LogP contribution >= 0.6 is 0 Å². The third-order valence-electron chi connectivity index (χ3n) is 5.67. The minimum absolute atomic E-state index is 0.0991. The van der Waals surface area contributed by atoms with Gasteiger partial charge < -0.3 is 5.11 Å². The van der Waals surface area contributed by atoms with Crippen LogP contribution < -0.4 is 0 Å². The molecule has 1 atom stereocenters. The van der Waals surface area contributed by atoms with Gasteiger partial charge in [0, 0.05) is 11.3 Å². The number of aliphatic hydroxyl groups excluding tert-OH is 1. The number of hydrogen-bond acceptors (Lipinski definition) is 1. The standard InChI is InChI=1S/C18H21FO/c1-17(2)16(18(17,3)4)15(20)13-9-10-14(19)12-8-6-5-7-11(12)13/h5-10,15-16,20H,1-4H3. The second-order valence-corrected chi connectivity index (χ2v) is 7.05. The number of rotatable bonds is 2. The highest BCUT2D eigenvalue weighted by atomic mass is 19.1. The van der Waals surface area contributed by atoms with Gasteiger partial charge in [-0.25, -0.2) is 4.39 Å². The summed E-state index contributed by atoms with van der Waals surface area (Å²) < 4.78 is 13.9. The predicted octanol–water partition coefficient (Wildman–Crippen LogP) is 4.69. The van der Waals surface area contributed by atoms with Gasteiger partial charge in [-0.05, 0) is 27.8 Å². The molecule has 0 spiro atoms. The average Bonchev–Trinajstić information content (AvgIpc) is 2.80. The van der Waals surface area contributed by atoms with Gasteiger partial charge in [0.05, 0.1) is 6.10 Å². The smallest absolute Gasteiger partial charge is 0.131 e. The van der Waals surface area contributed by atoms with Crippen molar-refractivity contribution in [2.24, 2.45) is 16.7 Å². The molecule has 106 valence electrons. The van der Waals surface area contributed by atoms with Gasteiger partial charge in [-0.15, -0.1) is 0 Å². The molecule has 1 aliphatic carbocycles. The van der Waals surface area contributed by atoms with E-state index in [4.69, 9.17) is 0 Å². The average molecular weight is 272 g/mol. The lowest BCUT2D eigenvalue weighted by atomic mass is 9.94. The van der Waals surface area contributed by atoms with E-state index in [0.29, 0.717) is 5.39 Å². The largest absolute Gasteiger partial charge is 0.388 e. The Balaban J connectivity index is 2.11. The van der Waals surface area contributed by atoms with E-state index in [2.05, 4.69) is 27.7 Å². The van der Waals surface area contributed by atoms with Crippen molar-refractivity contribution in [2.45, 2.75) is 33.8 Å². The molecule has 1 saturated carbocycles. The molecule has 2 aromatic carbocycles. The van der Waals surface area contributed by atoms with Gasteiger partial charge in [0.25, 0.3) is 0 Å². The maximum Gasteiger partial charge on any atom is 0.131 e. The molecule has 0 radical (unpaired) electrons. The predicted molar refractivity (Wildman–Crippen MR) is 79.9 cm³/mol. The Morgan fingerprint density at radius 2 is 1.50 bits per heavy atom. The molecule has 1 unspecified atom stereocenters. The number of aliphatic hydroxyl groups is 1. The van der Waals surface area contributed by atoms with Crippen molar-refractivity contribution < 1.29 is 9.50 Å². The Bertz CT molecular complexity index is 658. The molecule has 3 rings (SSSR count). The Morgan fingerprint density at radius 3 is 2.05 bits per heavy atom. The summed E-state index contributed by atoms with van der Waals surface area (Å²) >= 11 is 0. The van der Waals surface area contributed by atoms with Crippen LogP contribution in [0.2, 0.25) is 0 Å². The van der Waals surface area contributed by atoms with Gasteiger partial charge in [-0.1, -0.05) is 58.0 Å². The van der Waals surface area contributed by atoms with E-state index in [1.807, 2.05) is 18.2 Å². The van der Waals surface area contributed by atoms with E-state index in [1.54, 1.807) is 12.1 Å². The fourth-order valence-electron chi connectivity index (χ4n) is 3.76. The van der Waals surface area contributed by atoms with Crippen LogP contribution in [-0.2, 0) is 0 Å². The first-order chi connectivity index (χ1) is 9.28. The van der Waals surface area contributed by atoms with Crippen LogP contribution in [0.25, 0.3) is 10.8 Å². The van der Waals surface area contributed by atoms with Crippen molar-refractivity contribution in [2.75, 3.05) is 0 Å². The molecule has 0 aromatic heterocycles. The zero-order valence-corrected chi connectivity index (χ0v) is 12.4. The van der Waals surface area contributed by atoms with Crippen molar-refractivity contribution in [3.63, 3.8) is 0 Å². The molecule has 0 saturated heterocycles. The van der Waals surface area contributed by atoms with Crippen molar-refractivity contribution in [3.8, 4) is 0 Å². The molecule has 0 amide bonds.